The molecule has 0 radical (unpaired) electrons. The highest BCUT2D eigenvalue weighted by Crippen LogP contribution is 2.13. The highest BCUT2D eigenvalue weighted by molar-refractivity contribution is 5.70. The number of aliphatic hydroxyl groups is 1. The van der Waals surface area contributed by atoms with Crippen molar-refractivity contribution in [1.29, 1.82) is 0 Å². The van der Waals surface area contributed by atoms with Crippen molar-refractivity contribution in [1.82, 2.24) is 0 Å². The molecule has 1 atom stereocenters. The van der Waals surface area contributed by atoms with Crippen molar-refractivity contribution < 1.29 is 24.2 Å². The molecule has 0 aromatic carbocycles. The number of carbonyl (C=O) groups is 2. The Morgan fingerprint density at radius 1 is 0.511 bits per heavy atom. The van der Waals surface area contributed by atoms with Crippen LogP contribution in [-0.2, 0) is 19.1 Å². The zero-order valence-corrected chi connectivity index (χ0v) is 30.5. The Balaban J connectivity index is 3.59. The molecule has 1 N–H and O–H groups in total. The lowest BCUT2D eigenvalue weighted by molar-refractivity contribution is -0.161. The van der Waals surface area contributed by atoms with Crippen molar-refractivity contribution in [2.45, 2.75) is 180 Å². The summed E-state index contributed by atoms with van der Waals surface area (Å²) in [7, 11) is 0. The first kappa shape index (κ1) is 44.6. The minimum Gasteiger partial charge on any atom is -0.462 e. The molecule has 0 aliphatic heterocycles. The van der Waals surface area contributed by atoms with E-state index >= 15 is 0 Å². The third-order valence-electron chi connectivity index (χ3n) is 8.05. The summed E-state index contributed by atoms with van der Waals surface area (Å²) >= 11 is 0. The molecule has 0 spiro atoms. The summed E-state index contributed by atoms with van der Waals surface area (Å²) in [5, 5.41) is 9.54. The normalized spacial score (nSPS) is 12.8. The first-order valence-corrected chi connectivity index (χ1v) is 19.3. The summed E-state index contributed by atoms with van der Waals surface area (Å²) in [5.74, 6) is -0.615. The average Bonchev–Trinajstić information content (AvgIpc) is 3.07. The molecule has 0 aliphatic rings. The molecule has 0 rings (SSSR count). The molecule has 47 heavy (non-hydrogen) atoms. The lowest BCUT2D eigenvalue weighted by atomic mass is 10.1. The molecule has 0 aromatic rings. The number of unbranched alkanes of at least 4 members (excludes halogenated alkanes) is 16. The first-order chi connectivity index (χ1) is 23.1. The summed E-state index contributed by atoms with van der Waals surface area (Å²) in [6.45, 7) is 3.97. The van der Waals surface area contributed by atoms with Crippen LogP contribution in [-0.4, -0.2) is 36.4 Å². The monoisotopic (exact) mass is 657 g/mol. The Hall–Kier alpha value is -2.40. The number of rotatable bonds is 34. The average molecular weight is 657 g/mol. The zero-order chi connectivity index (χ0) is 34.3. The van der Waals surface area contributed by atoms with Crippen LogP contribution in [0.15, 0.2) is 60.8 Å². The predicted octanol–water partition coefficient (Wildman–Crippen LogP) is 12.0. The van der Waals surface area contributed by atoms with Gasteiger partial charge in [-0.15, -0.1) is 0 Å². The van der Waals surface area contributed by atoms with E-state index in [2.05, 4.69) is 74.6 Å². The molecule has 5 nitrogen and oxygen atoms in total. The minimum atomic E-state index is -0.779. The van der Waals surface area contributed by atoms with Gasteiger partial charge >= 0.3 is 11.9 Å². The molecule has 0 saturated carbocycles. The van der Waals surface area contributed by atoms with Crippen LogP contribution in [0.3, 0.4) is 0 Å². The van der Waals surface area contributed by atoms with Gasteiger partial charge in [0.1, 0.15) is 6.61 Å². The van der Waals surface area contributed by atoms with Gasteiger partial charge in [0.05, 0.1) is 6.61 Å². The molecule has 5 heteroatoms. The fourth-order valence-electron chi connectivity index (χ4n) is 5.13. The van der Waals surface area contributed by atoms with Crippen LogP contribution in [0.1, 0.15) is 174 Å². The highest BCUT2D eigenvalue weighted by atomic mass is 16.6. The van der Waals surface area contributed by atoms with E-state index in [1.807, 2.05) is 0 Å². The summed E-state index contributed by atoms with van der Waals surface area (Å²) in [6.07, 6.45) is 48.5. The second kappa shape index (κ2) is 38.1. The van der Waals surface area contributed by atoms with Gasteiger partial charge in [-0.1, -0.05) is 145 Å². The molecule has 0 aromatic heterocycles. The Morgan fingerprint density at radius 3 is 1.40 bits per heavy atom. The SMILES string of the molecule is CC/C=C\C/C=C\C/C=C\C/C=C\CCCCCCCCCCC(=O)OC(CO)COC(=O)CCCCCCC/C=C\CCCCC. The number of allylic oxidation sites excluding steroid dienone is 10. The van der Waals surface area contributed by atoms with Crippen LogP contribution in [0, 0.1) is 0 Å². The van der Waals surface area contributed by atoms with Gasteiger partial charge in [0.2, 0.25) is 0 Å². The number of ether oxygens (including phenoxy) is 2. The van der Waals surface area contributed by atoms with Crippen LogP contribution < -0.4 is 0 Å². The van der Waals surface area contributed by atoms with Crippen molar-refractivity contribution in [3.8, 4) is 0 Å². The number of hydrogen-bond acceptors (Lipinski definition) is 5. The van der Waals surface area contributed by atoms with Crippen LogP contribution in [0.5, 0.6) is 0 Å². The standard InChI is InChI=1S/C42H72O5/c1-3-5-7-9-11-13-15-17-18-19-20-21-22-23-24-25-27-29-31-33-35-37-42(45)47-40(38-43)39-46-41(44)36-34-32-30-28-26-16-14-12-10-8-6-4-2/h5,7,11-14,17-18,20-21,40,43H,3-4,6,8-10,15-16,19,22-39H2,1-2H3/b7-5-,13-11-,14-12-,18-17-,21-20-. The Kier molecular flexibility index (Phi) is 36.1. The molecule has 0 aliphatic carbocycles. The van der Waals surface area contributed by atoms with E-state index in [-0.39, 0.29) is 25.2 Å². The Bertz CT molecular complexity index is 838. The van der Waals surface area contributed by atoms with E-state index in [4.69, 9.17) is 9.47 Å². The molecule has 1 unspecified atom stereocenters. The van der Waals surface area contributed by atoms with Gasteiger partial charge in [-0.05, 0) is 77.0 Å². The number of aliphatic hydroxyl groups excluding tert-OH is 1. The number of hydrogen-bond donors (Lipinski definition) is 1. The predicted molar refractivity (Wildman–Crippen MR) is 200 cm³/mol. The molecule has 0 saturated heterocycles. The van der Waals surface area contributed by atoms with Gasteiger partial charge in [0, 0.05) is 12.8 Å². The molecule has 0 amide bonds. The van der Waals surface area contributed by atoms with E-state index in [0.717, 1.165) is 77.0 Å². The molecular weight excluding hydrogens is 584 g/mol. The molecular formula is C42H72O5. The quantitative estimate of drug-likeness (QED) is 0.0424. The van der Waals surface area contributed by atoms with E-state index in [1.165, 1.54) is 70.6 Å². The Labute approximate surface area is 290 Å². The van der Waals surface area contributed by atoms with Gasteiger partial charge < -0.3 is 14.6 Å². The molecule has 0 fully saturated rings. The van der Waals surface area contributed by atoms with Crippen LogP contribution in [0.25, 0.3) is 0 Å². The summed E-state index contributed by atoms with van der Waals surface area (Å²) < 4.78 is 10.6. The Morgan fingerprint density at radius 2 is 0.915 bits per heavy atom. The van der Waals surface area contributed by atoms with Gasteiger partial charge in [0.25, 0.3) is 0 Å². The van der Waals surface area contributed by atoms with Crippen LogP contribution in [0.2, 0.25) is 0 Å². The lowest BCUT2D eigenvalue weighted by Gasteiger charge is -2.15. The van der Waals surface area contributed by atoms with Crippen LogP contribution in [0.4, 0.5) is 0 Å². The molecule has 270 valence electrons. The zero-order valence-electron chi connectivity index (χ0n) is 30.5. The second-order valence-corrected chi connectivity index (χ2v) is 12.6. The van der Waals surface area contributed by atoms with Gasteiger partial charge in [-0.2, -0.15) is 0 Å². The maximum absolute atomic E-state index is 12.2. The third kappa shape index (κ3) is 36.3. The second-order valence-electron chi connectivity index (χ2n) is 12.6. The fourth-order valence-corrected chi connectivity index (χ4v) is 5.13. The van der Waals surface area contributed by atoms with Crippen molar-refractivity contribution in [3.63, 3.8) is 0 Å². The summed E-state index contributed by atoms with van der Waals surface area (Å²) in [5.41, 5.74) is 0. The van der Waals surface area contributed by atoms with E-state index in [0.29, 0.717) is 12.8 Å². The molecule has 0 bridgehead atoms. The van der Waals surface area contributed by atoms with E-state index < -0.39 is 6.10 Å². The van der Waals surface area contributed by atoms with Crippen molar-refractivity contribution in [2.24, 2.45) is 0 Å². The summed E-state index contributed by atoms with van der Waals surface area (Å²) in [4.78, 5) is 24.2. The third-order valence-corrected chi connectivity index (χ3v) is 8.05. The number of carbonyl (C=O) groups excluding carboxylic acids is 2. The van der Waals surface area contributed by atoms with Gasteiger partial charge in [-0.25, -0.2) is 0 Å². The summed E-state index contributed by atoms with van der Waals surface area (Å²) in [6, 6.07) is 0. The highest BCUT2D eigenvalue weighted by Gasteiger charge is 2.16. The fraction of sp³-hybridized carbons (Fsp3) is 0.714. The van der Waals surface area contributed by atoms with Crippen molar-refractivity contribution >= 4 is 11.9 Å². The topological polar surface area (TPSA) is 72.8 Å². The van der Waals surface area contributed by atoms with Crippen molar-refractivity contribution in [2.75, 3.05) is 13.2 Å². The van der Waals surface area contributed by atoms with Gasteiger partial charge in [-0.3, -0.25) is 9.59 Å². The van der Waals surface area contributed by atoms with Gasteiger partial charge in [0.15, 0.2) is 6.10 Å². The number of esters is 2. The van der Waals surface area contributed by atoms with E-state index in [9.17, 15) is 14.7 Å². The largest absolute Gasteiger partial charge is 0.462 e. The lowest BCUT2D eigenvalue weighted by Crippen LogP contribution is -2.28. The minimum absolute atomic E-state index is 0.0754. The van der Waals surface area contributed by atoms with Crippen LogP contribution >= 0.6 is 0 Å². The first-order valence-electron chi connectivity index (χ1n) is 19.3. The maximum Gasteiger partial charge on any atom is 0.306 e. The molecule has 0 heterocycles. The smallest absolute Gasteiger partial charge is 0.306 e. The maximum atomic E-state index is 12.2. The van der Waals surface area contributed by atoms with Crippen molar-refractivity contribution in [3.05, 3.63) is 60.8 Å². The van der Waals surface area contributed by atoms with E-state index in [1.54, 1.807) is 0 Å².